The second-order valence-corrected chi connectivity index (χ2v) is 8.62. The van der Waals surface area contributed by atoms with Crippen LogP contribution in [0.4, 0.5) is 4.39 Å². The summed E-state index contributed by atoms with van der Waals surface area (Å²) in [5.41, 5.74) is 6.94. The number of hydrogen-bond donors (Lipinski definition) is 1. The fourth-order valence-electron chi connectivity index (χ4n) is 4.87. The van der Waals surface area contributed by atoms with E-state index in [1.165, 1.54) is 35.6 Å². The van der Waals surface area contributed by atoms with Crippen molar-refractivity contribution in [2.45, 2.75) is 51.9 Å². The topological polar surface area (TPSA) is 41.6 Å². The molecule has 0 bridgehead atoms. The number of nitrogens with zero attached hydrogens (tertiary/aromatic N) is 2. The molecule has 0 radical (unpaired) electrons. The molecule has 0 saturated heterocycles. The molecule has 2 aromatic heterocycles. The van der Waals surface area contributed by atoms with Crippen molar-refractivity contribution in [2.24, 2.45) is 5.92 Å². The number of rotatable bonds is 3. The van der Waals surface area contributed by atoms with Crippen molar-refractivity contribution in [2.75, 3.05) is 0 Å². The Bertz CT molecular complexity index is 1150. The molecule has 2 heterocycles. The smallest absolute Gasteiger partial charge is 0.123 e. The minimum atomic E-state index is -0.184. The Morgan fingerprint density at radius 1 is 0.966 bits per heavy atom. The number of aromatic amines is 1. The minimum Gasteiger partial charge on any atom is -0.342 e. The van der Waals surface area contributed by atoms with Crippen LogP contribution in [0, 0.1) is 25.6 Å². The first kappa shape index (κ1) is 18.3. The van der Waals surface area contributed by atoms with Crippen LogP contribution in [0.1, 0.15) is 54.1 Å². The fraction of sp³-hybridized carbons (Fsp3) is 0.360. The van der Waals surface area contributed by atoms with Gasteiger partial charge in [-0.3, -0.25) is 4.98 Å². The van der Waals surface area contributed by atoms with Gasteiger partial charge in [-0.15, -0.1) is 0 Å². The Morgan fingerprint density at radius 3 is 2.59 bits per heavy atom. The Balaban J connectivity index is 1.30. The summed E-state index contributed by atoms with van der Waals surface area (Å²) in [4.78, 5) is 12.8. The van der Waals surface area contributed by atoms with Crippen molar-refractivity contribution in [3.05, 3.63) is 70.9 Å². The Hall–Kier alpha value is -2.75. The van der Waals surface area contributed by atoms with Crippen LogP contribution in [0.25, 0.3) is 21.9 Å². The molecule has 3 nitrogen and oxygen atoms in total. The van der Waals surface area contributed by atoms with Gasteiger partial charge in [-0.1, -0.05) is 0 Å². The highest BCUT2D eigenvalue weighted by Gasteiger charge is 2.25. The normalized spacial score (nSPS) is 19.8. The molecule has 1 saturated carbocycles. The number of fused-ring (bicyclic) bond motifs is 2. The maximum absolute atomic E-state index is 13.8. The van der Waals surface area contributed by atoms with Crippen LogP contribution in [0.15, 0.2) is 42.6 Å². The minimum absolute atomic E-state index is 0.184. The van der Waals surface area contributed by atoms with E-state index in [4.69, 9.17) is 4.98 Å². The Kier molecular flexibility index (Phi) is 4.57. The van der Waals surface area contributed by atoms with Crippen molar-refractivity contribution in [3.63, 3.8) is 0 Å². The highest BCUT2D eigenvalue weighted by atomic mass is 19.1. The summed E-state index contributed by atoms with van der Waals surface area (Å²) in [6.07, 6.45) is 7.50. The number of nitrogens with one attached hydrogen (secondary N) is 1. The van der Waals surface area contributed by atoms with Crippen LogP contribution in [0.3, 0.4) is 0 Å². The quantitative estimate of drug-likeness (QED) is 0.443. The van der Waals surface area contributed by atoms with E-state index in [0.29, 0.717) is 11.8 Å². The molecule has 4 aromatic rings. The Labute approximate surface area is 170 Å². The maximum Gasteiger partial charge on any atom is 0.123 e. The summed E-state index contributed by atoms with van der Waals surface area (Å²) < 4.78 is 13.8. The van der Waals surface area contributed by atoms with Gasteiger partial charge in [0.2, 0.25) is 0 Å². The number of aromatic nitrogens is 3. The first-order chi connectivity index (χ1) is 14.1. The molecule has 0 spiro atoms. The molecule has 29 heavy (non-hydrogen) atoms. The third-order valence-electron chi connectivity index (χ3n) is 6.65. The van der Waals surface area contributed by atoms with Gasteiger partial charge in [-0.05, 0) is 104 Å². The number of aryl methyl sites for hydroxylation is 2. The molecule has 1 N–H and O–H groups in total. The van der Waals surface area contributed by atoms with E-state index in [9.17, 15) is 4.39 Å². The first-order valence-electron chi connectivity index (χ1n) is 10.6. The lowest BCUT2D eigenvalue weighted by atomic mass is 9.77. The van der Waals surface area contributed by atoms with Crippen molar-refractivity contribution < 1.29 is 4.39 Å². The van der Waals surface area contributed by atoms with Crippen LogP contribution in [0.2, 0.25) is 0 Å². The summed E-state index contributed by atoms with van der Waals surface area (Å²) in [6.45, 7) is 4.28. The fourth-order valence-corrected chi connectivity index (χ4v) is 4.87. The third-order valence-corrected chi connectivity index (χ3v) is 6.65. The largest absolute Gasteiger partial charge is 0.342 e. The molecule has 148 valence electrons. The van der Waals surface area contributed by atoms with Crippen LogP contribution in [-0.4, -0.2) is 15.0 Å². The lowest BCUT2D eigenvalue weighted by Crippen LogP contribution is -2.16. The second-order valence-electron chi connectivity index (χ2n) is 8.62. The molecule has 0 amide bonds. The number of imidazole rings is 1. The molecule has 1 aliphatic rings. The zero-order valence-electron chi connectivity index (χ0n) is 17.0. The molecule has 2 aromatic carbocycles. The van der Waals surface area contributed by atoms with Gasteiger partial charge in [0.05, 0.1) is 16.6 Å². The van der Waals surface area contributed by atoms with Crippen molar-refractivity contribution >= 4 is 21.9 Å². The van der Waals surface area contributed by atoms with E-state index in [1.54, 1.807) is 12.1 Å². The monoisotopic (exact) mass is 387 g/mol. The third kappa shape index (κ3) is 3.52. The van der Waals surface area contributed by atoms with Gasteiger partial charge in [-0.25, -0.2) is 9.37 Å². The van der Waals surface area contributed by atoms with Gasteiger partial charge in [0.15, 0.2) is 0 Å². The lowest BCUT2D eigenvalue weighted by Gasteiger charge is -2.29. The van der Waals surface area contributed by atoms with Crippen molar-refractivity contribution in [1.29, 1.82) is 0 Å². The predicted octanol–water partition coefficient (Wildman–Crippen LogP) is 6.38. The SMILES string of the molecule is Cc1cc2nc(CC3CCC(c4ccnc5ccc(F)cc45)CC3)[nH]c2cc1C. The van der Waals surface area contributed by atoms with Gasteiger partial charge in [0.1, 0.15) is 11.6 Å². The Morgan fingerprint density at radius 2 is 1.76 bits per heavy atom. The van der Waals surface area contributed by atoms with Crippen LogP contribution in [-0.2, 0) is 6.42 Å². The first-order valence-corrected chi connectivity index (χ1v) is 10.6. The average Bonchev–Trinajstić information content (AvgIpc) is 3.09. The summed E-state index contributed by atoms with van der Waals surface area (Å²) in [6, 6.07) is 11.4. The molecular weight excluding hydrogens is 361 g/mol. The van der Waals surface area contributed by atoms with Gasteiger partial charge in [0.25, 0.3) is 0 Å². The molecule has 4 heteroatoms. The van der Waals surface area contributed by atoms with Crippen LogP contribution >= 0.6 is 0 Å². The molecule has 0 atom stereocenters. The molecule has 1 aliphatic carbocycles. The highest BCUT2D eigenvalue weighted by Crippen LogP contribution is 2.39. The highest BCUT2D eigenvalue weighted by molar-refractivity contribution is 5.82. The maximum atomic E-state index is 13.8. The summed E-state index contributed by atoms with van der Waals surface area (Å²) in [5.74, 6) is 2.05. The second kappa shape index (κ2) is 7.25. The zero-order chi connectivity index (χ0) is 20.0. The number of hydrogen-bond acceptors (Lipinski definition) is 2. The molecule has 0 aliphatic heterocycles. The van der Waals surface area contributed by atoms with Gasteiger partial charge in [0, 0.05) is 18.0 Å². The molecule has 1 fully saturated rings. The van der Waals surface area contributed by atoms with Crippen LogP contribution < -0.4 is 0 Å². The number of benzene rings is 2. The lowest BCUT2D eigenvalue weighted by molar-refractivity contribution is 0.322. The van der Waals surface area contributed by atoms with Gasteiger partial charge < -0.3 is 4.98 Å². The summed E-state index contributed by atoms with van der Waals surface area (Å²) in [7, 11) is 0. The molecule has 5 rings (SSSR count). The predicted molar refractivity (Wildman–Crippen MR) is 116 cm³/mol. The molecule has 0 unspecified atom stereocenters. The van der Waals surface area contributed by atoms with Crippen molar-refractivity contribution in [1.82, 2.24) is 15.0 Å². The molecular formula is C25H26FN3. The van der Waals surface area contributed by atoms with Gasteiger partial charge >= 0.3 is 0 Å². The van der Waals surface area contributed by atoms with E-state index >= 15 is 0 Å². The van der Waals surface area contributed by atoms with Crippen LogP contribution in [0.5, 0.6) is 0 Å². The average molecular weight is 388 g/mol. The number of pyridine rings is 1. The van der Waals surface area contributed by atoms with E-state index in [1.807, 2.05) is 6.20 Å². The van der Waals surface area contributed by atoms with E-state index in [2.05, 4.69) is 42.0 Å². The zero-order valence-corrected chi connectivity index (χ0v) is 17.0. The van der Waals surface area contributed by atoms with E-state index in [0.717, 1.165) is 47.0 Å². The van der Waals surface area contributed by atoms with Crippen molar-refractivity contribution in [3.8, 4) is 0 Å². The van der Waals surface area contributed by atoms with E-state index in [-0.39, 0.29) is 5.82 Å². The van der Waals surface area contributed by atoms with E-state index < -0.39 is 0 Å². The number of H-pyrrole nitrogens is 1. The number of halogens is 1. The standard InChI is InChI=1S/C25H26FN3/c1-15-11-23-24(12-16(15)2)29-25(28-23)13-17-3-5-18(6-4-17)20-9-10-27-22-8-7-19(26)14-21(20)22/h7-12,14,17-18H,3-6,13H2,1-2H3,(H,28,29). The summed E-state index contributed by atoms with van der Waals surface area (Å²) in [5, 5.41) is 0.971. The summed E-state index contributed by atoms with van der Waals surface area (Å²) >= 11 is 0. The van der Waals surface area contributed by atoms with Gasteiger partial charge in [-0.2, -0.15) is 0 Å².